The summed E-state index contributed by atoms with van der Waals surface area (Å²) in [5.74, 6) is -0.732. The third-order valence-electron chi connectivity index (χ3n) is 5.15. The molecule has 182 valence electrons. The Bertz CT molecular complexity index is 1430. The number of halogens is 3. The van der Waals surface area contributed by atoms with Crippen LogP contribution in [0, 0.1) is 0 Å². The first-order chi connectivity index (χ1) is 17.2. The van der Waals surface area contributed by atoms with E-state index in [-0.39, 0.29) is 10.1 Å². The van der Waals surface area contributed by atoms with Crippen LogP contribution < -0.4 is 20.3 Å². The molecular weight excluding hydrogens is 634 g/mol. The molecule has 0 saturated heterocycles. The lowest BCUT2D eigenvalue weighted by molar-refractivity contribution is -0.115. The van der Waals surface area contributed by atoms with Gasteiger partial charge in [-0.05, 0) is 76.7 Å². The normalized spacial score (nSPS) is 12.6. The number of benzene rings is 3. The van der Waals surface area contributed by atoms with Crippen molar-refractivity contribution in [1.29, 1.82) is 0 Å². The van der Waals surface area contributed by atoms with Gasteiger partial charge < -0.3 is 10.1 Å². The SMILES string of the molecule is COc1c(Br)cc(Br)cc1/C=C/C(=O)NC(=S)Nc1ccc(N2C(=O)c3ccccc3C2=O)cc1Cl. The van der Waals surface area contributed by atoms with Crippen LogP contribution >= 0.6 is 55.7 Å². The predicted octanol–water partition coefficient (Wildman–Crippen LogP) is 6.20. The number of carbonyl (C=O) groups excluding carboxylic acids is 3. The van der Waals surface area contributed by atoms with Crippen molar-refractivity contribution in [2.75, 3.05) is 17.3 Å². The molecule has 3 aromatic carbocycles. The molecule has 0 aromatic heterocycles. The molecule has 0 unspecified atom stereocenters. The molecule has 3 aromatic rings. The number of nitrogens with zero attached hydrogens (tertiary/aromatic N) is 1. The molecule has 11 heteroatoms. The van der Waals surface area contributed by atoms with Gasteiger partial charge in [-0.25, -0.2) is 4.90 Å². The quantitative estimate of drug-likeness (QED) is 0.195. The van der Waals surface area contributed by atoms with E-state index in [1.807, 2.05) is 6.07 Å². The Morgan fingerprint density at radius 2 is 1.72 bits per heavy atom. The molecule has 1 aliphatic rings. The lowest BCUT2D eigenvalue weighted by Gasteiger charge is -2.16. The van der Waals surface area contributed by atoms with Gasteiger partial charge in [0, 0.05) is 16.1 Å². The molecule has 36 heavy (non-hydrogen) atoms. The molecule has 0 aliphatic carbocycles. The van der Waals surface area contributed by atoms with Gasteiger partial charge in [0.2, 0.25) is 5.91 Å². The Morgan fingerprint density at radius 3 is 2.33 bits per heavy atom. The van der Waals surface area contributed by atoms with Crippen molar-refractivity contribution in [3.05, 3.63) is 91.3 Å². The molecular formula is C25H16Br2ClN3O4S. The standard InChI is InChI=1S/C25H16Br2ClN3O4S/c1-35-22-13(10-14(26)11-18(22)27)6-9-21(32)30-25(36)29-20-8-7-15(12-19(20)28)31-23(33)16-4-2-3-5-17(16)24(31)34/h2-12H,1H3,(H2,29,30,32,36)/b9-6+. The van der Waals surface area contributed by atoms with Gasteiger partial charge in [0.05, 0.1) is 39.1 Å². The van der Waals surface area contributed by atoms with Crippen LogP contribution in [0.4, 0.5) is 11.4 Å². The first-order valence-electron chi connectivity index (χ1n) is 10.3. The first kappa shape index (κ1) is 26.0. The Kier molecular flexibility index (Phi) is 7.89. The number of thiocarbonyl (C=S) groups is 1. The van der Waals surface area contributed by atoms with Crippen molar-refractivity contribution >= 4 is 96.0 Å². The number of carbonyl (C=O) groups is 3. The minimum absolute atomic E-state index is 0.0161. The van der Waals surface area contributed by atoms with E-state index in [4.69, 9.17) is 28.6 Å². The van der Waals surface area contributed by atoms with Crippen molar-refractivity contribution < 1.29 is 19.1 Å². The highest BCUT2D eigenvalue weighted by Gasteiger charge is 2.36. The van der Waals surface area contributed by atoms with Crippen molar-refractivity contribution in [1.82, 2.24) is 5.32 Å². The zero-order valence-corrected chi connectivity index (χ0v) is 23.2. The number of ether oxygens (including phenoxy) is 1. The molecule has 0 atom stereocenters. The fraction of sp³-hybridized carbons (Fsp3) is 0.0400. The minimum Gasteiger partial charge on any atom is -0.495 e. The maximum absolute atomic E-state index is 12.7. The van der Waals surface area contributed by atoms with Crippen LogP contribution in [0.15, 0.2) is 69.6 Å². The molecule has 0 spiro atoms. The zero-order chi connectivity index (χ0) is 26.0. The summed E-state index contributed by atoms with van der Waals surface area (Å²) >= 11 is 18.4. The molecule has 1 aliphatic heterocycles. The first-order valence-corrected chi connectivity index (χ1v) is 12.7. The predicted molar refractivity (Wildman–Crippen MR) is 151 cm³/mol. The number of hydrogen-bond acceptors (Lipinski definition) is 5. The van der Waals surface area contributed by atoms with E-state index in [1.165, 1.54) is 19.3 Å². The van der Waals surface area contributed by atoms with Gasteiger partial charge >= 0.3 is 0 Å². The summed E-state index contributed by atoms with van der Waals surface area (Å²) in [4.78, 5) is 38.9. The molecule has 0 bridgehead atoms. The van der Waals surface area contributed by atoms with Gasteiger partial charge in [0.1, 0.15) is 5.75 Å². The Hall–Kier alpha value is -3.05. The van der Waals surface area contributed by atoms with Crippen molar-refractivity contribution in [2.24, 2.45) is 0 Å². The fourth-order valence-electron chi connectivity index (χ4n) is 3.56. The molecule has 0 radical (unpaired) electrons. The highest BCUT2D eigenvalue weighted by molar-refractivity contribution is 9.11. The van der Waals surface area contributed by atoms with Gasteiger partial charge in [-0.3, -0.25) is 19.7 Å². The van der Waals surface area contributed by atoms with E-state index >= 15 is 0 Å². The maximum atomic E-state index is 12.7. The Morgan fingerprint density at radius 1 is 1.06 bits per heavy atom. The smallest absolute Gasteiger partial charge is 0.266 e. The molecule has 2 N–H and O–H groups in total. The lowest BCUT2D eigenvalue weighted by atomic mass is 10.1. The number of hydrogen-bond donors (Lipinski definition) is 2. The lowest BCUT2D eigenvalue weighted by Crippen LogP contribution is -2.33. The highest BCUT2D eigenvalue weighted by atomic mass is 79.9. The minimum atomic E-state index is -0.468. The molecule has 4 rings (SSSR count). The van der Waals surface area contributed by atoms with Gasteiger partial charge in [-0.1, -0.05) is 39.7 Å². The molecule has 0 saturated carbocycles. The summed E-state index contributed by atoms with van der Waals surface area (Å²) in [6, 6.07) is 14.9. The molecule has 0 fully saturated rings. The van der Waals surface area contributed by atoms with E-state index < -0.39 is 17.7 Å². The van der Waals surface area contributed by atoms with Gasteiger partial charge in [0.15, 0.2) is 5.11 Å². The van der Waals surface area contributed by atoms with Crippen molar-refractivity contribution in [3.8, 4) is 5.75 Å². The van der Waals surface area contributed by atoms with E-state index in [2.05, 4.69) is 42.5 Å². The molecule has 7 nitrogen and oxygen atoms in total. The monoisotopic (exact) mass is 647 g/mol. The van der Waals surface area contributed by atoms with Crippen molar-refractivity contribution in [3.63, 3.8) is 0 Å². The van der Waals surface area contributed by atoms with Crippen LogP contribution in [-0.4, -0.2) is 29.9 Å². The summed E-state index contributed by atoms with van der Waals surface area (Å²) in [5, 5.41) is 5.61. The topological polar surface area (TPSA) is 87.7 Å². The van der Waals surface area contributed by atoms with Gasteiger partial charge in [0.25, 0.3) is 11.8 Å². The average molecular weight is 650 g/mol. The summed E-state index contributed by atoms with van der Waals surface area (Å²) in [7, 11) is 1.54. The second-order valence-corrected chi connectivity index (χ2v) is 10.0. The van der Waals surface area contributed by atoms with Gasteiger partial charge in [-0.15, -0.1) is 0 Å². The number of amides is 3. The van der Waals surface area contributed by atoms with Gasteiger partial charge in [-0.2, -0.15) is 0 Å². The number of anilines is 2. The zero-order valence-electron chi connectivity index (χ0n) is 18.5. The second kappa shape index (κ2) is 10.9. The Labute approximate surface area is 233 Å². The number of methoxy groups -OCH3 is 1. The molecule has 1 heterocycles. The van der Waals surface area contributed by atoms with Crippen molar-refractivity contribution in [2.45, 2.75) is 0 Å². The Balaban J connectivity index is 1.42. The third-order valence-corrected chi connectivity index (χ3v) is 6.71. The van der Waals surface area contributed by atoms with Crippen LogP contribution in [0.1, 0.15) is 26.3 Å². The largest absolute Gasteiger partial charge is 0.495 e. The van der Waals surface area contributed by atoms with Crippen LogP contribution in [0.25, 0.3) is 6.08 Å². The highest BCUT2D eigenvalue weighted by Crippen LogP contribution is 2.34. The number of imide groups is 1. The number of rotatable bonds is 5. The summed E-state index contributed by atoms with van der Waals surface area (Å²) in [6.07, 6.45) is 2.91. The summed E-state index contributed by atoms with van der Waals surface area (Å²) in [6.45, 7) is 0. The van der Waals surface area contributed by atoms with E-state index in [0.717, 1.165) is 13.8 Å². The number of nitrogens with one attached hydrogen (secondary N) is 2. The van der Waals surface area contributed by atoms with Crippen LogP contribution in [0.3, 0.4) is 0 Å². The maximum Gasteiger partial charge on any atom is 0.266 e. The van der Waals surface area contributed by atoms with Crippen LogP contribution in [0.2, 0.25) is 5.02 Å². The summed E-state index contributed by atoms with van der Waals surface area (Å²) < 4.78 is 6.91. The summed E-state index contributed by atoms with van der Waals surface area (Å²) in [5.41, 5.74) is 2.07. The molecule has 3 amide bonds. The van der Waals surface area contributed by atoms with Crippen LogP contribution in [-0.2, 0) is 4.79 Å². The average Bonchev–Trinajstić information content (AvgIpc) is 3.09. The van der Waals surface area contributed by atoms with E-state index in [0.29, 0.717) is 33.8 Å². The number of fused-ring (bicyclic) bond motifs is 1. The third kappa shape index (κ3) is 5.36. The second-order valence-electron chi connectivity index (χ2n) is 7.44. The van der Waals surface area contributed by atoms with E-state index in [1.54, 1.807) is 48.5 Å². The van der Waals surface area contributed by atoms with Crippen LogP contribution in [0.5, 0.6) is 5.75 Å². The fourth-order valence-corrected chi connectivity index (χ4v) is 5.41. The van der Waals surface area contributed by atoms with E-state index in [9.17, 15) is 14.4 Å².